The lowest BCUT2D eigenvalue weighted by atomic mass is 9.95. The van der Waals surface area contributed by atoms with Crippen LogP contribution >= 0.6 is 11.6 Å². The molecule has 1 aromatic carbocycles. The van der Waals surface area contributed by atoms with Gasteiger partial charge >= 0.3 is 0 Å². The van der Waals surface area contributed by atoms with Gasteiger partial charge in [0, 0.05) is 5.92 Å². The van der Waals surface area contributed by atoms with Crippen LogP contribution in [0.4, 0.5) is 0 Å². The van der Waals surface area contributed by atoms with Gasteiger partial charge < -0.3 is 4.74 Å². The summed E-state index contributed by atoms with van der Waals surface area (Å²) in [5.41, 5.74) is 2.23. The Kier molecular flexibility index (Phi) is 5.01. The van der Waals surface area contributed by atoms with Gasteiger partial charge in [0.15, 0.2) is 0 Å². The highest BCUT2D eigenvalue weighted by atomic mass is 35.5. The number of rotatable bonds is 5. The first kappa shape index (κ1) is 14.0. The predicted molar refractivity (Wildman–Crippen MR) is 70.9 cm³/mol. The van der Waals surface area contributed by atoms with Crippen LogP contribution in [0.15, 0.2) is 12.1 Å². The zero-order valence-electron chi connectivity index (χ0n) is 10.8. The summed E-state index contributed by atoms with van der Waals surface area (Å²) in [5.74, 6) is 0.947. The summed E-state index contributed by atoms with van der Waals surface area (Å²) in [6, 6.07) is 3.84. The van der Waals surface area contributed by atoms with Crippen LogP contribution in [0.2, 0.25) is 5.02 Å². The molecule has 0 aromatic heterocycles. The molecule has 0 N–H and O–H groups in total. The maximum atomic E-state index is 11.3. The van der Waals surface area contributed by atoms with Crippen molar-refractivity contribution in [3.63, 3.8) is 0 Å². The van der Waals surface area contributed by atoms with E-state index in [1.54, 1.807) is 6.92 Å². The van der Waals surface area contributed by atoms with Gasteiger partial charge in [-0.25, -0.2) is 0 Å². The maximum absolute atomic E-state index is 11.3. The molecule has 0 spiro atoms. The molecule has 0 bridgehead atoms. The van der Waals surface area contributed by atoms with E-state index in [1.165, 1.54) is 0 Å². The van der Waals surface area contributed by atoms with E-state index in [0.717, 1.165) is 17.5 Å². The van der Waals surface area contributed by atoms with E-state index in [-0.39, 0.29) is 11.7 Å². The molecule has 17 heavy (non-hydrogen) atoms. The minimum atomic E-state index is 0.0303. The van der Waals surface area contributed by atoms with Crippen LogP contribution in [-0.4, -0.2) is 12.4 Å². The molecule has 1 unspecified atom stereocenters. The molecule has 1 aromatic rings. The first-order valence-electron chi connectivity index (χ1n) is 5.88. The number of carbonyl (C=O) groups is 1. The van der Waals surface area contributed by atoms with Gasteiger partial charge in [0.2, 0.25) is 0 Å². The van der Waals surface area contributed by atoms with Crippen molar-refractivity contribution < 1.29 is 9.53 Å². The monoisotopic (exact) mass is 254 g/mol. The fourth-order valence-corrected chi connectivity index (χ4v) is 1.90. The van der Waals surface area contributed by atoms with Gasteiger partial charge in [-0.05, 0) is 50.5 Å². The molecule has 0 fully saturated rings. The largest absolute Gasteiger partial charge is 0.492 e. The molecule has 0 aliphatic rings. The molecular weight excluding hydrogens is 236 g/mol. The molecular formula is C14H19ClO2. The Bertz CT molecular complexity index is 413. The Hall–Kier alpha value is -1.02. The molecule has 0 saturated carbocycles. The molecule has 0 heterocycles. The predicted octanol–water partition coefficient (Wildman–Crippen LogP) is 3.81. The molecule has 94 valence electrons. The lowest BCUT2D eigenvalue weighted by Gasteiger charge is -2.13. The summed E-state index contributed by atoms with van der Waals surface area (Å²) in [6.07, 6.45) is 0.729. The average Bonchev–Trinajstić information content (AvgIpc) is 2.25. The van der Waals surface area contributed by atoms with E-state index in [0.29, 0.717) is 17.4 Å². The van der Waals surface area contributed by atoms with Gasteiger partial charge in [0.25, 0.3) is 0 Å². The van der Waals surface area contributed by atoms with Crippen LogP contribution < -0.4 is 4.74 Å². The van der Waals surface area contributed by atoms with E-state index in [9.17, 15) is 4.79 Å². The number of ether oxygens (including phenoxy) is 1. The highest BCUT2D eigenvalue weighted by Gasteiger charge is 2.12. The van der Waals surface area contributed by atoms with Gasteiger partial charge in [-0.3, -0.25) is 4.79 Å². The third kappa shape index (κ3) is 3.74. The van der Waals surface area contributed by atoms with Crippen molar-refractivity contribution in [3.8, 4) is 5.75 Å². The number of carbonyl (C=O) groups excluding carboxylic acids is 1. The first-order valence-corrected chi connectivity index (χ1v) is 6.25. The van der Waals surface area contributed by atoms with E-state index in [1.807, 2.05) is 32.9 Å². The molecule has 0 radical (unpaired) electrons. The molecule has 0 aliphatic heterocycles. The average molecular weight is 255 g/mol. The van der Waals surface area contributed by atoms with Crippen LogP contribution in [-0.2, 0) is 11.2 Å². The highest BCUT2D eigenvalue weighted by Crippen LogP contribution is 2.29. The summed E-state index contributed by atoms with van der Waals surface area (Å²) in [6.45, 7) is 8.10. The van der Waals surface area contributed by atoms with Gasteiger partial charge in [-0.1, -0.05) is 18.5 Å². The molecule has 3 heteroatoms. The van der Waals surface area contributed by atoms with Crippen molar-refractivity contribution in [3.05, 3.63) is 28.3 Å². The van der Waals surface area contributed by atoms with Crippen LogP contribution in [0, 0.1) is 12.8 Å². The number of Topliss-reactive ketones (excluding diaryl/α,β-unsaturated/α-hetero) is 1. The van der Waals surface area contributed by atoms with Crippen LogP contribution in [0.5, 0.6) is 5.75 Å². The summed E-state index contributed by atoms with van der Waals surface area (Å²) >= 11 is 6.13. The van der Waals surface area contributed by atoms with Crippen molar-refractivity contribution in [1.29, 1.82) is 0 Å². The molecule has 2 nitrogen and oxygen atoms in total. The second-order valence-electron chi connectivity index (χ2n) is 4.36. The van der Waals surface area contributed by atoms with Crippen molar-refractivity contribution >= 4 is 17.4 Å². The van der Waals surface area contributed by atoms with E-state index in [2.05, 4.69) is 0 Å². The standard InChI is InChI=1S/C14H19ClO2/c1-5-17-14-7-10(3)12(8-13(14)15)6-9(2)11(4)16/h7-9H,5-6H2,1-4H3. The summed E-state index contributed by atoms with van der Waals surface area (Å²) in [7, 11) is 0. The smallest absolute Gasteiger partial charge is 0.138 e. The molecule has 1 atom stereocenters. The Morgan fingerprint density at radius 1 is 1.47 bits per heavy atom. The Balaban J connectivity index is 2.95. The van der Waals surface area contributed by atoms with E-state index in [4.69, 9.17) is 16.3 Å². The second-order valence-corrected chi connectivity index (χ2v) is 4.77. The van der Waals surface area contributed by atoms with E-state index < -0.39 is 0 Å². The number of halogens is 1. The number of aryl methyl sites for hydroxylation is 1. The van der Waals surface area contributed by atoms with Crippen molar-refractivity contribution in [1.82, 2.24) is 0 Å². The van der Waals surface area contributed by atoms with Crippen LogP contribution in [0.3, 0.4) is 0 Å². The van der Waals surface area contributed by atoms with Gasteiger partial charge in [-0.2, -0.15) is 0 Å². The Labute approximate surface area is 108 Å². The second kappa shape index (κ2) is 6.06. The molecule has 0 amide bonds. The zero-order valence-corrected chi connectivity index (χ0v) is 11.6. The molecule has 0 aliphatic carbocycles. The van der Waals surface area contributed by atoms with Crippen molar-refractivity contribution in [2.45, 2.75) is 34.1 Å². The summed E-state index contributed by atoms with van der Waals surface area (Å²) < 4.78 is 5.43. The summed E-state index contributed by atoms with van der Waals surface area (Å²) in [5, 5.41) is 0.614. The fourth-order valence-electron chi connectivity index (χ4n) is 1.66. The Morgan fingerprint density at radius 3 is 2.65 bits per heavy atom. The van der Waals surface area contributed by atoms with Gasteiger partial charge in [0.05, 0.1) is 11.6 Å². The molecule has 1 rings (SSSR count). The third-order valence-corrected chi connectivity index (χ3v) is 3.21. The number of benzene rings is 1. The topological polar surface area (TPSA) is 26.3 Å². The number of hydrogen-bond acceptors (Lipinski definition) is 2. The third-order valence-electron chi connectivity index (χ3n) is 2.91. The maximum Gasteiger partial charge on any atom is 0.138 e. The first-order chi connectivity index (χ1) is 7.95. The zero-order chi connectivity index (χ0) is 13.0. The number of ketones is 1. The minimum Gasteiger partial charge on any atom is -0.492 e. The van der Waals surface area contributed by atoms with Gasteiger partial charge in [-0.15, -0.1) is 0 Å². The summed E-state index contributed by atoms with van der Waals surface area (Å²) in [4.78, 5) is 11.3. The lowest BCUT2D eigenvalue weighted by molar-refractivity contribution is -0.120. The minimum absolute atomic E-state index is 0.0303. The van der Waals surface area contributed by atoms with Crippen LogP contribution in [0.25, 0.3) is 0 Å². The fraction of sp³-hybridized carbons (Fsp3) is 0.500. The van der Waals surface area contributed by atoms with Crippen molar-refractivity contribution in [2.24, 2.45) is 5.92 Å². The Morgan fingerprint density at radius 2 is 2.12 bits per heavy atom. The van der Waals surface area contributed by atoms with Crippen molar-refractivity contribution in [2.75, 3.05) is 6.61 Å². The number of hydrogen-bond donors (Lipinski definition) is 0. The van der Waals surface area contributed by atoms with E-state index >= 15 is 0 Å². The van der Waals surface area contributed by atoms with Crippen LogP contribution in [0.1, 0.15) is 31.9 Å². The van der Waals surface area contributed by atoms with Gasteiger partial charge in [0.1, 0.15) is 11.5 Å². The lowest BCUT2D eigenvalue weighted by Crippen LogP contribution is -2.10. The normalized spacial score (nSPS) is 12.3. The quantitative estimate of drug-likeness (QED) is 0.799. The highest BCUT2D eigenvalue weighted by molar-refractivity contribution is 6.32. The SMILES string of the molecule is CCOc1cc(C)c(CC(C)C(C)=O)cc1Cl. The molecule has 0 saturated heterocycles.